The molecule has 0 fully saturated rings. The van der Waals surface area contributed by atoms with Gasteiger partial charge in [0.1, 0.15) is 0 Å². The molecule has 0 saturated heterocycles. The van der Waals surface area contributed by atoms with Crippen LogP contribution in [0.15, 0.2) is 18.2 Å². The van der Waals surface area contributed by atoms with E-state index in [-0.39, 0.29) is 24.1 Å². The minimum Gasteiger partial charge on any atom is -0.504 e. The molecule has 1 rings (SSSR count). The molecule has 0 aliphatic heterocycles. The van der Waals surface area contributed by atoms with Crippen molar-refractivity contribution in [1.29, 1.82) is 0 Å². The molecule has 0 aliphatic carbocycles. The molecule has 1 atom stereocenters. The lowest BCUT2D eigenvalue weighted by atomic mass is 10.0. The summed E-state index contributed by atoms with van der Waals surface area (Å²) in [6.07, 6.45) is 1.11. The van der Waals surface area contributed by atoms with Crippen LogP contribution >= 0.6 is 0 Å². The molecule has 1 unspecified atom stereocenters. The number of aromatic hydroxyl groups is 2. The number of hydrogen-bond donors (Lipinski definition) is 4. The molecule has 0 amide bonds. The lowest BCUT2D eigenvalue weighted by Gasteiger charge is -2.10. The van der Waals surface area contributed by atoms with E-state index >= 15 is 0 Å². The highest BCUT2D eigenvalue weighted by Gasteiger charge is 2.05. The number of hydrogen-bond acceptors (Lipinski definition) is 4. The van der Waals surface area contributed by atoms with E-state index in [1.54, 1.807) is 6.07 Å². The van der Waals surface area contributed by atoms with Gasteiger partial charge in [-0.3, -0.25) is 0 Å². The second-order valence-electron chi connectivity index (χ2n) is 3.30. The van der Waals surface area contributed by atoms with Crippen LogP contribution in [0.2, 0.25) is 0 Å². The van der Waals surface area contributed by atoms with E-state index in [0.717, 1.165) is 5.56 Å². The average molecular weight is 197 g/mol. The van der Waals surface area contributed by atoms with Gasteiger partial charge in [-0.15, -0.1) is 0 Å². The lowest BCUT2D eigenvalue weighted by Crippen LogP contribution is -2.23. The fourth-order valence-corrected chi connectivity index (χ4v) is 1.27. The summed E-state index contributed by atoms with van der Waals surface area (Å²) in [5, 5.41) is 26.9. The summed E-state index contributed by atoms with van der Waals surface area (Å²) in [7, 11) is 0. The Morgan fingerprint density at radius 3 is 2.50 bits per heavy atom. The molecule has 0 spiro atoms. The van der Waals surface area contributed by atoms with Gasteiger partial charge in [-0.05, 0) is 30.5 Å². The van der Waals surface area contributed by atoms with Crippen LogP contribution in [0.3, 0.4) is 0 Å². The maximum atomic E-state index is 9.20. The van der Waals surface area contributed by atoms with Crippen LogP contribution in [0.25, 0.3) is 0 Å². The van der Waals surface area contributed by atoms with Crippen LogP contribution < -0.4 is 5.73 Å². The molecule has 0 bridgehead atoms. The number of aliphatic hydroxyl groups excluding tert-OH is 1. The normalized spacial score (nSPS) is 12.7. The van der Waals surface area contributed by atoms with Gasteiger partial charge in [0, 0.05) is 12.6 Å². The van der Waals surface area contributed by atoms with Crippen molar-refractivity contribution in [2.75, 3.05) is 6.61 Å². The van der Waals surface area contributed by atoms with Gasteiger partial charge >= 0.3 is 0 Å². The summed E-state index contributed by atoms with van der Waals surface area (Å²) in [5.41, 5.74) is 6.55. The van der Waals surface area contributed by atoms with Crippen LogP contribution in [0.5, 0.6) is 11.5 Å². The molecule has 5 N–H and O–H groups in total. The molecule has 14 heavy (non-hydrogen) atoms. The van der Waals surface area contributed by atoms with Crippen molar-refractivity contribution in [2.45, 2.75) is 18.9 Å². The molecule has 0 saturated carbocycles. The Hall–Kier alpha value is -1.26. The van der Waals surface area contributed by atoms with Crippen LogP contribution in [0, 0.1) is 0 Å². The number of phenols is 2. The first-order chi connectivity index (χ1) is 6.63. The highest BCUT2D eigenvalue weighted by molar-refractivity contribution is 5.40. The topological polar surface area (TPSA) is 86.7 Å². The summed E-state index contributed by atoms with van der Waals surface area (Å²) in [4.78, 5) is 0. The molecule has 78 valence electrons. The predicted octanol–water partition coefficient (Wildman–Crippen LogP) is 0.350. The smallest absolute Gasteiger partial charge is 0.157 e. The van der Waals surface area contributed by atoms with E-state index in [0.29, 0.717) is 12.8 Å². The molecule has 1 aromatic carbocycles. The van der Waals surface area contributed by atoms with Gasteiger partial charge in [-0.1, -0.05) is 6.07 Å². The minimum absolute atomic E-state index is 0.0607. The first kappa shape index (κ1) is 10.8. The lowest BCUT2D eigenvalue weighted by molar-refractivity contribution is 0.275. The summed E-state index contributed by atoms with van der Waals surface area (Å²) < 4.78 is 0. The van der Waals surface area contributed by atoms with Crippen molar-refractivity contribution in [3.05, 3.63) is 23.8 Å². The van der Waals surface area contributed by atoms with Gasteiger partial charge in [-0.2, -0.15) is 0 Å². The summed E-state index contributed by atoms with van der Waals surface area (Å²) in [5.74, 6) is -0.275. The number of aliphatic hydroxyl groups is 1. The van der Waals surface area contributed by atoms with Gasteiger partial charge < -0.3 is 21.1 Å². The van der Waals surface area contributed by atoms with E-state index in [1.807, 2.05) is 0 Å². The summed E-state index contributed by atoms with van der Waals surface area (Å²) in [6.45, 7) is 0.0607. The number of rotatable bonds is 4. The molecule has 1 aromatic rings. The molecular weight excluding hydrogens is 182 g/mol. The zero-order chi connectivity index (χ0) is 10.6. The van der Waals surface area contributed by atoms with Gasteiger partial charge in [0.15, 0.2) is 11.5 Å². The van der Waals surface area contributed by atoms with E-state index < -0.39 is 0 Å². The van der Waals surface area contributed by atoms with E-state index in [4.69, 9.17) is 15.9 Å². The van der Waals surface area contributed by atoms with Crippen LogP contribution in [-0.2, 0) is 6.42 Å². The molecule has 0 radical (unpaired) electrons. The monoisotopic (exact) mass is 197 g/mol. The average Bonchev–Trinajstić information content (AvgIpc) is 2.12. The number of benzene rings is 1. The van der Waals surface area contributed by atoms with Crippen LogP contribution in [-0.4, -0.2) is 28.0 Å². The Kier molecular flexibility index (Phi) is 3.73. The Balaban J connectivity index is 2.63. The number of phenolic OH excluding ortho intramolecular Hbond substituents is 2. The van der Waals surface area contributed by atoms with Crippen molar-refractivity contribution in [1.82, 2.24) is 0 Å². The predicted molar refractivity (Wildman–Crippen MR) is 53.2 cm³/mol. The molecule has 0 aliphatic rings. The van der Waals surface area contributed by atoms with E-state index in [2.05, 4.69) is 0 Å². The second kappa shape index (κ2) is 4.83. The third-order valence-electron chi connectivity index (χ3n) is 2.04. The highest BCUT2D eigenvalue weighted by atomic mass is 16.3. The SMILES string of the molecule is NC(CCO)Cc1ccc(O)c(O)c1. The third kappa shape index (κ3) is 2.90. The molecule has 0 heterocycles. The number of nitrogens with two attached hydrogens (primary N) is 1. The van der Waals surface area contributed by atoms with Gasteiger partial charge in [0.25, 0.3) is 0 Å². The van der Waals surface area contributed by atoms with Crippen molar-refractivity contribution < 1.29 is 15.3 Å². The van der Waals surface area contributed by atoms with E-state index in [9.17, 15) is 5.11 Å². The van der Waals surface area contributed by atoms with Crippen LogP contribution in [0.1, 0.15) is 12.0 Å². The first-order valence-corrected chi connectivity index (χ1v) is 4.50. The molecule has 4 heteroatoms. The maximum Gasteiger partial charge on any atom is 0.157 e. The standard InChI is InChI=1S/C10H15NO3/c11-8(3-4-12)5-7-1-2-9(13)10(14)6-7/h1-2,6,8,12-14H,3-5,11H2. The Bertz CT molecular complexity index is 301. The highest BCUT2D eigenvalue weighted by Crippen LogP contribution is 2.25. The summed E-state index contributed by atoms with van der Waals surface area (Å²) in [6, 6.07) is 4.48. The fraction of sp³-hybridized carbons (Fsp3) is 0.400. The van der Waals surface area contributed by atoms with Crippen molar-refractivity contribution in [2.24, 2.45) is 5.73 Å². The Morgan fingerprint density at radius 2 is 1.93 bits per heavy atom. The first-order valence-electron chi connectivity index (χ1n) is 4.50. The Labute approximate surface area is 82.6 Å². The van der Waals surface area contributed by atoms with Crippen molar-refractivity contribution in [3.63, 3.8) is 0 Å². The van der Waals surface area contributed by atoms with Gasteiger partial charge in [-0.25, -0.2) is 0 Å². The maximum absolute atomic E-state index is 9.20. The summed E-state index contributed by atoms with van der Waals surface area (Å²) >= 11 is 0. The van der Waals surface area contributed by atoms with E-state index in [1.165, 1.54) is 12.1 Å². The van der Waals surface area contributed by atoms with Crippen LogP contribution in [0.4, 0.5) is 0 Å². The molecule has 0 aromatic heterocycles. The third-order valence-corrected chi connectivity index (χ3v) is 2.04. The van der Waals surface area contributed by atoms with Crippen molar-refractivity contribution in [3.8, 4) is 11.5 Å². The minimum atomic E-state index is -0.140. The second-order valence-corrected chi connectivity index (χ2v) is 3.30. The van der Waals surface area contributed by atoms with Crippen molar-refractivity contribution >= 4 is 0 Å². The molecular formula is C10H15NO3. The van der Waals surface area contributed by atoms with Gasteiger partial charge in [0.2, 0.25) is 0 Å². The van der Waals surface area contributed by atoms with Gasteiger partial charge in [0.05, 0.1) is 0 Å². The largest absolute Gasteiger partial charge is 0.504 e. The zero-order valence-electron chi connectivity index (χ0n) is 7.85. The molecule has 4 nitrogen and oxygen atoms in total. The fourth-order valence-electron chi connectivity index (χ4n) is 1.27. The zero-order valence-corrected chi connectivity index (χ0v) is 7.85. The quantitative estimate of drug-likeness (QED) is 0.524. The Morgan fingerprint density at radius 1 is 1.21 bits per heavy atom.